The van der Waals surface area contributed by atoms with Gasteiger partial charge in [0.05, 0.1) is 24.0 Å². The van der Waals surface area contributed by atoms with Crippen molar-refractivity contribution in [3.63, 3.8) is 0 Å². The lowest BCUT2D eigenvalue weighted by Crippen LogP contribution is -2.36. The van der Waals surface area contributed by atoms with Crippen LogP contribution in [0.4, 0.5) is 5.69 Å². The third-order valence-electron chi connectivity index (χ3n) is 2.80. The van der Waals surface area contributed by atoms with Gasteiger partial charge in [-0.05, 0) is 43.0 Å². The van der Waals surface area contributed by atoms with Crippen LogP contribution in [0.5, 0.6) is 0 Å². The van der Waals surface area contributed by atoms with Crippen LogP contribution in [0.3, 0.4) is 0 Å². The maximum absolute atomic E-state index is 8.89. The average Bonchev–Trinajstić information content (AvgIpc) is 3.11. The molecule has 0 aromatic heterocycles. The maximum Gasteiger partial charge on any atom is 0.0992 e. The molecule has 3 rings (SSSR count). The standard InChI is InChI=1S/C11H11N3S/c12-6-8-1-4-11-10(5-8)14(7-13-15-11)9-2-3-9/h1,4-5,9,13H,2-3,7H2. The van der Waals surface area contributed by atoms with E-state index in [9.17, 15) is 0 Å². The fourth-order valence-electron chi connectivity index (χ4n) is 1.87. The lowest BCUT2D eigenvalue weighted by Gasteiger charge is -2.31. The van der Waals surface area contributed by atoms with Crippen LogP contribution in [-0.2, 0) is 0 Å². The molecule has 4 heteroatoms. The first-order chi connectivity index (χ1) is 7.38. The molecule has 0 atom stereocenters. The Hall–Kier alpha value is -1.18. The van der Waals surface area contributed by atoms with E-state index in [1.807, 2.05) is 18.2 Å². The van der Waals surface area contributed by atoms with Crippen LogP contribution < -0.4 is 9.62 Å². The first-order valence-electron chi connectivity index (χ1n) is 5.09. The molecule has 76 valence electrons. The smallest absolute Gasteiger partial charge is 0.0992 e. The number of hydrogen-bond donors (Lipinski definition) is 1. The normalized spacial score (nSPS) is 19.5. The van der Waals surface area contributed by atoms with Gasteiger partial charge >= 0.3 is 0 Å². The summed E-state index contributed by atoms with van der Waals surface area (Å²) in [5, 5.41) is 8.89. The quantitative estimate of drug-likeness (QED) is 0.731. The Morgan fingerprint density at radius 3 is 3.07 bits per heavy atom. The molecule has 1 aliphatic heterocycles. The Bertz CT molecular complexity index is 434. The molecule has 3 nitrogen and oxygen atoms in total. The molecule has 1 aromatic carbocycles. The Kier molecular flexibility index (Phi) is 2.08. The second kappa shape index (κ2) is 3.44. The first kappa shape index (κ1) is 9.08. The molecule has 0 saturated heterocycles. The number of fused-ring (bicyclic) bond motifs is 1. The molecule has 1 saturated carbocycles. The molecule has 2 aliphatic rings. The Balaban J connectivity index is 2.04. The Morgan fingerprint density at radius 1 is 1.47 bits per heavy atom. The Morgan fingerprint density at radius 2 is 2.33 bits per heavy atom. The van der Waals surface area contributed by atoms with Gasteiger partial charge in [-0.25, -0.2) is 4.72 Å². The highest BCUT2D eigenvalue weighted by Gasteiger charge is 2.32. The molecule has 1 heterocycles. The molecule has 0 spiro atoms. The van der Waals surface area contributed by atoms with Crippen molar-refractivity contribution in [2.75, 3.05) is 11.6 Å². The van der Waals surface area contributed by atoms with Gasteiger partial charge in [0.15, 0.2) is 0 Å². The number of nitrogens with zero attached hydrogens (tertiary/aromatic N) is 2. The van der Waals surface area contributed by atoms with Gasteiger partial charge in [-0.1, -0.05) is 0 Å². The number of hydrogen-bond acceptors (Lipinski definition) is 4. The number of benzene rings is 1. The molecule has 1 N–H and O–H groups in total. The van der Waals surface area contributed by atoms with Crippen molar-refractivity contribution in [3.05, 3.63) is 23.8 Å². The van der Waals surface area contributed by atoms with E-state index in [-0.39, 0.29) is 0 Å². The van der Waals surface area contributed by atoms with E-state index in [1.54, 1.807) is 11.9 Å². The van der Waals surface area contributed by atoms with Crippen LogP contribution in [0, 0.1) is 11.3 Å². The third-order valence-corrected chi connectivity index (χ3v) is 3.64. The van der Waals surface area contributed by atoms with Gasteiger partial charge in [-0.15, -0.1) is 0 Å². The second-order valence-electron chi connectivity index (χ2n) is 3.90. The van der Waals surface area contributed by atoms with Crippen molar-refractivity contribution < 1.29 is 0 Å². The highest BCUT2D eigenvalue weighted by Crippen LogP contribution is 2.39. The summed E-state index contributed by atoms with van der Waals surface area (Å²) in [5.74, 6) is 0. The monoisotopic (exact) mass is 217 g/mol. The molecular weight excluding hydrogens is 206 g/mol. The predicted octanol–water partition coefficient (Wildman–Crippen LogP) is 2.09. The zero-order valence-electron chi connectivity index (χ0n) is 8.23. The van der Waals surface area contributed by atoms with Crippen molar-refractivity contribution in [2.45, 2.75) is 23.8 Å². The lowest BCUT2D eigenvalue weighted by atomic mass is 10.2. The molecule has 1 fully saturated rings. The van der Waals surface area contributed by atoms with Gasteiger partial charge in [0.25, 0.3) is 0 Å². The largest absolute Gasteiger partial charge is 0.354 e. The van der Waals surface area contributed by atoms with Crippen molar-refractivity contribution in [1.29, 1.82) is 5.26 Å². The fraction of sp³-hybridized carbons (Fsp3) is 0.364. The molecule has 0 bridgehead atoms. The van der Waals surface area contributed by atoms with Crippen LogP contribution >= 0.6 is 11.9 Å². The second-order valence-corrected chi connectivity index (χ2v) is 4.83. The zero-order valence-corrected chi connectivity index (χ0v) is 9.05. The average molecular weight is 217 g/mol. The van der Waals surface area contributed by atoms with E-state index in [0.717, 1.165) is 12.2 Å². The van der Waals surface area contributed by atoms with Gasteiger partial charge in [0, 0.05) is 10.9 Å². The summed E-state index contributed by atoms with van der Waals surface area (Å²) in [4.78, 5) is 3.60. The van der Waals surface area contributed by atoms with Crippen molar-refractivity contribution in [3.8, 4) is 6.07 Å². The number of rotatable bonds is 1. The third kappa shape index (κ3) is 1.58. The van der Waals surface area contributed by atoms with E-state index in [1.165, 1.54) is 23.4 Å². The van der Waals surface area contributed by atoms with Crippen LogP contribution in [0.15, 0.2) is 23.1 Å². The molecule has 0 unspecified atom stereocenters. The van der Waals surface area contributed by atoms with Gasteiger partial charge in [-0.2, -0.15) is 5.26 Å². The van der Waals surface area contributed by atoms with Gasteiger partial charge in [0.1, 0.15) is 0 Å². The van der Waals surface area contributed by atoms with E-state index < -0.39 is 0 Å². The van der Waals surface area contributed by atoms with Crippen molar-refractivity contribution >= 4 is 17.6 Å². The van der Waals surface area contributed by atoms with Crippen LogP contribution in [-0.4, -0.2) is 12.7 Å². The minimum atomic E-state index is 0.686. The van der Waals surface area contributed by atoms with Crippen LogP contribution in [0.25, 0.3) is 0 Å². The van der Waals surface area contributed by atoms with Crippen molar-refractivity contribution in [1.82, 2.24) is 4.72 Å². The number of nitrogens with one attached hydrogen (secondary N) is 1. The summed E-state index contributed by atoms with van der Waals surface area (Å²) in [6, 6.07) is 8.80. The number of anilines is 1. The Labute approximate surface area is 93.2 Å². The summed E-state index contributed by atoms with van der Waals surface area (Å²) in [6.45, 7) is 0.886. The maximum atomic E-state index is 8.89. The molecule has 0 radical (unpaired) electrons. The van der Waals surface area contributed by atoms with Gasteiger partial charge in [0.2, 0.25) is 0 Å². The SMILES string of the molecule is N#Cc1ccc2c(c1)N(C1CC1)CNS2. The molecule has 1 aromatic rings. The summed E-state index contributed by atoms with van der Waals surface area (Å²) < 4.78 is 3.31. The number of nitriles is 1. The lowest BCUT2D eigenvalue weighted by molar-refractivity contribution is 0.755. The minimum Gasteiger partial charge on any atom is -0.354 e. The van der Waals surface area contributed by atoms with Crippen molar-refractivity contribution in [2.24, 2.45) is 0 Å². The highest BCUT2D eigenvalue weighted by molar-refractivity contribution is 7.97. The zero-order chi connectivity index (χ0) is 10.3. The highest BCUT2D eigenvalue weighted by atomic mass is 32.2. The van der Waals surface area contributed by atoms with E-state index in [2.05, 4.69) is 15.7 Å². The summed E-state index contributed by atoms with van der Waals surface area (Å²) in [7, 11) is 0. The van der Waals surface area contributed by atoms with Crippen LogP contribution in [0.1, 0.15) is 18.4 Å². The van der Waals surface area contributed by atoms with Crippen LogP contribution in [0.2, 0.25) is 0 Å². The molecule has 15 heavy (non-hydrogen) atoms. The van der Waals surface area contributed by atoms with Gasteiger partial charge in [-0.3, -0.25) is 0 Å². The minimum absolute atomic E-state index is 0.686. The molecule has 1 aliphatic carbocycles. The first-order valence-corrected chi connectivity index (χ1v) is 5.90. The van der Waals surface area contributed by atoms with E-state index in [4.69, 9.17) is 5.26 Å². The van der Waals surface area contributed by atoms with E-state index >= 15 is 0 Å². The predicted molar refractivity (Wildman–Crippen MR) is 60.5 cm³/mol. The van der Waals surface area contributed by atoms with Gasteiger partial charge < -0.3 is 4.90 Å². The fourth-order valence-corrected chi connectivity index (χ4v) is 2.65. The molecular formula is C11H11N3S. The topological polar surface area (TPSA) is 39.1 Å². The summed E-state index contributed by atoms with van der Waals surface area (Å²) in [5.41, 5.74) is 1.97. The van der Waals surface area contributed by atoms with E-state index in [0.29, 0.717) is 6.04 Å². The molecule has 0 amide bonds. The summed E-state index contributed by atoms with van der Waals surface area (Å²) in [6.07, 6.45) is 2.56. The summed E-state index contributed by atoms with van der Waals surface area (Å²) >= 11 is 1.66.